The van der Waals surface area contributed by atoms with E-state index in [-0.39, 0.29) is 36.3 Å². The zero-order valence-electron chi connectivity index (χ0n) is 14.2. The number of hydrogen-bond acceptors (Lipinski definition) is 3. The lowest BCUT2D eigenvalue weighted by Gasteiger charge is -2.45. The van der Waals surface area contributed by atoms with Crippen LogP contribution in [-0.2, 0) is 0 Å². The molecule has 1 aliphatic carbocycles. The van der Waals surface area contributed by atoms with Crippen molar-refractivity contribution in [2.75, 3.05) is 26.4 Å². The molecule has 1 aliphatic rings. The van der Waals surface area contributed by atoms with Crippen molar-refractivity contribution < 1.29 is 4.79 Å². The highest BCUT2D eigenvalue weighted by Crippen LogP contribution is 2.35. The zero-order chi connectivity index (χ0) is 15.5. The number of anilines is 1. The lowest BCUT2D eigenvalue weighted by atomic mass is 9.75. The Morgan fingerprint density at radius 2 is 2.00 bits per heavy atom. The lowest BCUT2D eigenvalue weighted by Crippen LogP contribution is -2.55. The fourth-order valence-corrected chi connectivity index (χ4v) is 3.40. The number of carbonyl (C=O) groups is 1. The van der Waals surface area contributed by atoms with Crippen LogP contribution in [0.1, 0.15) is 43.0 Å². The van der Waals surface area contributed by atoms with Gasteiger partial charge in [-0.1, -0.05) is 31.9 Å². The van der Waals surface area contributed by atoms with Crippen molar-refractivity contribution in [3.63, 3.8) is 0 Å². The summed E-state index contributed by atoms with van der Waals surface area (Å²) in [7, 11) is 4.22. The minimum atomic E-state index is -0.0763. The van der Waals surface area contributed by atoms with E-state index in [0.717, 1.165) is 12.8 Å². The van der Waals surface area contributed by atoms with Gasteiger partial charge in [-0.15, -0.1) is 24.8 Å². The van der Waals surface area contributed by atoms with E-state index in [1.807, 2.05) is 12.1 Å². The number of nitrogens with one attached hydrogen (secondary N) is 1. The molecule has 6 heteroatoms. The number of amides is 1. The molecule has 1 aromatic rings. The van der Waals surface area contributed by atoms with Crippen LogP contribution in [0.2, 0.25) is 0 Å². The fourth-order valence-electron chi connectivity index (χ4n) is 3.40. The summed E-state index contributed by atoms with van der Waals surface area (Å²) in [5.41, 5.74) is 7.04. The second-order valence-corrected chi connectivity index (χ2v) is 6.59. The molecule has 0 saturated heterocycles. The summed E-state index contributed by atoms with van der Waals surface area (Å²) in [6.45, 7) is 2.98. The van der Waals surface area contributed by atoms with Crippen LogP contribution in [0.3, 0.4) is 0 Å². The summed E-state index contributed by atoms with van der Waals surface area (Å²) in [6.07, 6.45) is 4.78. The first-order valence-corrected chi connectivity index (χ1v) is 7.75. The highest BCUT2D eigenvalue weighted by Gasteiger charge is 2.37. The monoisotopic (exact) mass is 361 g/mol. The molecule has 1 fully saturated rings. The van der Waals surface area contributed by atoms with Crippen molar-refractivity contribution in [1.82, 2.24) is 10.2 Å². The van der Waals surface area contributed by atoms with Gasteiger partial charge in [0.15, 0.2) is 0 Å². The molecule has 2 atom stereocenters. The molecular formula is C17H29Cl2N3O. The highest BCUT2D eigenvalue weighted by molar-refractivity contribution is 5.99. The number of para-hydroxylation sites is 1. The van der Waals surface area contributed by atoms with E-state index in [9.17, 15) is 4.79 Å². The van der Waals surface area contributed by atoms with Crippen molar-refractivity contribution >= 4 is 36.4 Å². The number of halogens is 2. The first kappa shape index (κ1) is 22.0. The molecule has 1 amide bonds. The lowest BCUT2D eigenvalue weighted by molar-refractivity contribution is 0.0675. The van der Waals surface area contributed by atoms with Gasteiger partial charge in [-0.2, -0.15) is 0 Å². The van der Waals surface area contributed by atoms with Crippen LogP contribution < -0.4 is 11.1 Å². The van der Waals surface area contributed by atoms with Crippen LogP contribution in [0.15, 0.2) is 24.3 Å². The predicted octanol–water partition coefficient (Wildman–Crippen LogP) is 3.35. The molecule has 2 unspecified atom stereocenters. The van der Waals surface area contributed by atoms with Gasteiger partial charge in [-0.05, 0) is 45.0 Å². The van der Waals surface area contributed by atoms with Crippen molar-refractivity contribution in [3.8, 4) is 0 Å². The van der Waals surface area contributed by atoms with Gasteiger partial charge in [0.25, 0.3) is 5.91 Å². The molecule has 4 nitrogen and oxygen atoms in total. The smallest absolute Gasteiger partial charge is 0.253 e. The van der Waals surface area contributed by atoms with Gasteiger partial charge in [0.2, 0.25) is 0 Å². The number of rotatable bonds is 4. The number of nitrogens with zero attached hydrogens (tertiary/aromatic N) is 1. The van der Waals surface area contributed by atoms with E-state index < -0.39 is 0 Å². The van der Waals surface area contributed by atoms with Gasteiger partial charge >= 0.3 is 0 Å². The van der Waals surface area contributed by atoms with E-state index in [0.29, 0.717) is 23.7 Å². The minimum absolute atomic E-state index is 0. The van der Waals surface area contributed by atoms with E-state index in [1.165, 1.54) is 12.8 Å². The molecule has 0 aromatic heterocycles. The van der Waals surface area contributed by atoms with Gasteiger partial charge in [0, 0.05) is 17.8 Å². The summed E-state index contributed by atoms with van der Waals surface area (Å²) < 4.78 is 0. The average molecular weight is 362 g/mol. The molecule has 23 heavy (non-hydrogen) atoms. The van der Waals surface area contributed by atoms with Gasteiger partial charge in [-0.3, -0.25) is 4.79 Å². The summed E-state index contributed by atoms with van der Waals surface area (Å²) in [5.74, 6) is 0.632. The standard InChI is InChI=1S/C17H27N3O.2ClH/c1-13-7-6-10-17(11-13,20(2)3)12-19-16(21)14-8-4-5-9-15(14)18;;/h4-5,8-9,13H,6-7,10-12,18H2,1-3H3,(H,19,21);2*1H. The minimum Gasteiger partial charge on any atom is -0.398 e. The van der Waals surface area contributed by atoms with Crippen LogP contribution in [-0.4, -0.2) is 37.0 Å². The average Bonchev–Trinajstić information content (AvgIpc) is 2.45. The zero-order valence-corrected chi connectivity index (χ0v) is 15.8. The SMILES string of the molecule is CC1CCCC(CNC(=O)c2ccccc2N)(N(C)C)C1.Cl.Cl. The van der Waals surface area contributed by atoms with Crippen molar-refractivity contribution in [2.24, 2.45) is 5.92 Å². The predicted molar refractivity (Wildman–Crippen MR) is 102 cm³/mol. The maximum absolute atomic E-state index is 12.3. The Morgan fingerprint density at radius 1 is 1.35 bits per heavy atom. The molecule has 1 aromatic carbocycles. The first-order chi connectivity index (χ1) is 9.94. The Balaban J connectivity index is 0.00000242. The number of carbonyl (C=O) groups excluding carboxylic acids is 1. The molecule has 0 aliphatic heterocycles. The van der Waals surface area contributed by atoms with Crippen LogP contribution >= 0.6 is 24.8 Å². The van der Waals surface area contributed by atoms with Crippen LogP contribution in [0.25, 0.3) is 0 Å². The summed E-state index contributed by atoms with van der Waals surface area (Å²) in [5, 5.41) is 3.09. The maximum atomic E-state index is 12.3. The Hall–Kier alpha value is -0.970. The molecule has 3 N–H and O–H groups in total. The van der Waals surface area contributed by atoms with Gasteiger partial charge < -0.3 is 16.0 Å². The van der Waals surface area contributed by atoms with Gasteiger partial charge in [-0.25, -0.2) is 0 Å². The Labute approximate surface area is 152 Å². The van der Waals surface area contributed by atoms with Crippen molar-refractivity contribution in [3.05, 3.63) is 29.8 Å². The van der Waals surface area contributed by atoms with Gasteiger partial charge in [0.05, 0.1) is 5.56 Å². The molecular weight excluding hydrogens is 333 g/mol. The third kappa shape index (κ3) is 5.27. The summed E-state index contributed by atoms with van der Waals surface area (Å²) in [6, 6.07) is 7.22. The highest BCUT2D eigenvalue weighted by atomic mass is 35.5. The number of benzene rings is 1. The van der Waals surface area contributed by atoms with E-state index in [1.54, 1.807) is 12.1 Å². The molecule has 0 spiro atoms. The number of likely N-dealkylation sites (N-methyl/N-ethyl adjacent to an activating group) is 1. The number of nitrogens with two attached hydrogens (primary N) is 1. The molecule has 132 valence electrons. The Morgan fingerprint density at radius 3 is 2.57 bits per heavy atom. The van der Waals surface area contributed by atoms with E-state index >= 15 is 0 Å². The first-order valence-electron chi connectivity index (χ1n) is 7.75. The molecule has 0 radical (unpaired) electrons. The normalized spacial score (nSPS) is 23.6. The molecule has 1 saturated carbocycles. The molecule has 0 heterocycles. The van der Waals surface area contributed by atoms with Crippen molar-refractivity contribution in [2.45, 2.75) is 38.1 Å². The third-order valence-corrected chi connectivity index (χ3v) is 4.80. The van der Waals surface area contributed by atoms with Crippen LogP contribution in [0, 0.1) is 5.92 Å². The van der Waals surface area contributed by atoms with Gasteiger partial charge in [0.1, 0.15) is 0 Å². The quantitative estimate of drug-likeness (QED) is 0.808. The topological polar surface area (TPSA) is 58.4 Å². The van der Waals surface area contributed by atoms with Crippen LogP contribution in [0.5, 0.6) is 0 Å². The second-order valence-electron chi connectivity index (χ2n) is 6.59. The van der Waals surface area contributed by atoms with E-state index in [4.69, 9.17) is 5.73 Å². The molecule has 2 rings (SSSR count). The maximum Gasteiger partial charge on any atom is 0.253 e. The largest absolute Gasteiger partial charge is 0.398 e. The fraction of sp³-hybridized carbons (Fsp3) is 0.588. The number of nitrogen functional groups attached to an aromatic ring is 1. The summed E-state index contributed by atoms with van der Waals surface area (Å²) >= 11 is 0. The second kappa shape index (κ2) is 9.36. The molecule has 0 bridgehead atoms. The Bertz CT molecular complexity index is 510. The van der Waals surface area contributed by atoms with Crippen molar-refractivity contribution in [1.29, 1.82) is 0 Å². The van der Waals surface area contributed by atoms with E-state index in [2.05, 4.69) is 31.2 Å². The van der Waals surface area contributed by atoms with Crippen LogP contribution in [0.4, 0.5) is 5.69 Å². The Kier molecular flexibility index (Phi) is 8.96. The summed E-state index contributed by atoms with van der Waals surface area (Å²) in [4.78, 5) is 14.6. The number of hydrogen-bond donors (Lipinski definition) is 2. The third-order valence-electron chi connectivity index (χ3n) is 4.80.